The van der Waals surface area contributed by atoms with Gasteiger partial charge in [0.1, 0.15) is 13.2 Å². The SMILES string of the molecule is CC/C=C\C/C=C\C/C=C\C/C=C\C/C=C\CCCC(=O)OC(COC(=O)CCCCCCCCCCCC/C=C\C/C=C\C/C=C\CCCCCCC)COC(=O)CCCCCCCCCCCCCCC. The summed E-state index contributed by atoms with van der Waals surface area (Å²) in [5.41, 5.74) is 0. The quantitative estimate of drug-likeness (QED) is 0.0261. The molecule has 0 aromatic heterocycles. The van der Waals surface area contributed by atoms with E-state index < -0.39 is 6.10 Å². The average Bonchev–Trinajstić information content (AvgIpc) is 3.39. The van der Waals surface area contributed by atoms with Gasteiger partial charge in [-0.1, -0.05) is 272 Å². The molecule has 0 heterocycles. The van der Waals surface area contributed by atoms with Crippen molar-refractivity contribution in [2.24, 2.45) is 0 Å². The number of carbonyl (C=O) groups is 3. The van der Waals surface area contributed by atoms with Crippen molar-refractivity contribution in [1.82, 2.24) is 0 Å². The van der Waals surface area contributed by atoms with E-state index in [9.17, 15) is 14.4 Å². The Bertz CT molecular complexity index is 1440. The van der Waals surface area contributed by atoms with E-state index in [4.69, 9.17) is 14.2 Å². The first-order valence-electron chi connectivity index (χ1n) is 30.7. The lowest BCUT2D eigenvalue weighted by molar-refractivity contribution is -0.167. The highest BCUT2D eigenvalue weighted by Crippen LogP contribution is 2.16. The van der Waals surface area contributed by atoms with E-state index in [1.54, 1.807) is 0 Å². The largest absolute Gasteiger partial charge is 0.462 e. The second-order valence-corrected chi connectivity index (χ2v) is 20.2. The van der Waals surface area contributed by atoms with Crippen molar-refractivity contribution in [2.45, 2.75) is 297 Å². The molecule has 0 amide bonds. The molecule has 1 atom stereocenters. The molecule has 6 heteroatoms. The maximum atomic E-state index is 12.8. The lowest BCUT2D eigenvalue weighted by Gasteiger charge is -2.18. The summed E-state index contributed by atoms with van der Waals surface area (Å²) >= 11 is 0. The van der Waals surface area contributed by atoms with Crippen molar-refractivity contribution < 1.29 is 28.6 Å². The van der Waals surface area contributed by atoms with Crippen LogP contribution in [0.15, 0.2) is 97.2 Å². The van der Waals surface area contributed by atoms with Gasteiger partial charge in [-0.05, 0) is 96.3 Å². The van der Waals surface area contributed by atoms with Crippen molar-refractivity contribution in [1.29, 1.82) is 0 Å². The first-order valence-corrected chi connectivity index (χ1v) is 30.7. The van der Waals surface area contributed by atoms with Crippen LogP contribution in [0.2, 0.25) is 0 Å². The van der Waals surface area contributed by atoms with Gasteiger partial charge in [-0.2, -0.15) is 0 Å². The summed E-state index contributed by atoms with van der Waals surface area (Å²) in [7, 11) is 0. The van der Waals surface area contributed by atoms with Gasteiger partial charge < -0.3 is 14.2 Å². The van der Waals surface area contributed by atoms with Crippen LogP contribution >= 0.6 is 0 Å². The van der Waals surface area contributed by atoms with Crippen molar-refractivity contribution >= 4 is 17.9 Å². The van der Waals surface area contributed by atoms with Crippen LogP contribution in [0.5, 0.6) is 0 Å². The number of hydrogen-bond acceptors (Lipinski definition) is 6. The topological polar surface area (TPSA) is 78.9 Å². The van der Waals surface area contributed by atoms with Crippen LogP contribution in [0.1, 0.15) is 290 Å². The minimum atomic E-state index is -0.809. The first kappa shape index (κ1) is 69.3. The zero-order valence-corrected chi connectivity index (χ0v) is 47.9. The van der Waals surface area contributed by atoms with Crippen molar-refractivity contribution in [3.8, 4) is 0 Å². The highest BCUT2D eigenvalue weighted by Gasteiger charge is 2.19. The molecule has 73 heavy (non-hydrogen) atoms. The van der Waals surface area contributed by atoms with E-state index in [1.165, 1.54) is 154 Å². The molecule has 0 rings (SSSR count). The molecule has 0 fully saturated rings. The summed E-state index contributed by atoms with van der Waals surface area (Å²) in [5.74, 6) is -0.955. The Balaban J connectivity index is 4.38. The van der Waals surface area contributed by atoms with Gasteiger partial charge in [-0.25, -0.2) is 0 Å². The molecule has 418 valence electrons. The second kappa shape index (κ2) is 60.9. The van der Waals surface area contributed by atoms with Crippen LogP contribution in [0.3, 0.4) is 0 Å². The fourth-order valence-electron chi connectivity index (χ4n) is 8.49. The van der Waals surface area contributed by atoms with E-state index in [2.05, 4.69) is 118 Å². The molecule has 0 saturated heterocycles. The van der Waals surface area contributed by atoms with Crippen LogP contribution in [-0.2, 0) is 28.6 Å². The van der Waals surface area contributed by atoms with Gasteiger partial charge in [0, 0.05) is 19.3 Å². The molecule has 0 bridgehead atoms. The number of allylic oxidation sites excluding steroid dienone is 16. The number of carbonyl (C=O) groups excluding carboxylic acids is 3. The zero-order valence-electron chi connectivity index (χ0n) is 47.9. The highest BCUT2D eigenvalue weighted by molar-refractivity contribution is 5.71. The minimum absolute atomic E-state index is 0.0994. The smallest absolute Gasteiger partial charge is 0.306 e. The Morgan fingerprint density at radius 1 is 0.288 bits per heavy atom. The number of hydrogen-bond donors (Lipinski definition) is 0. The fraction of sp³-hybridized carbons (Fsp3) is 0.716. The van der Waals surface area contributed by atoms with Gasteiger partial charge in [-0.3, -0.25) is 14.4 Å². The number of rotatable bonds is 55. The molecule has 0 spiro atoms. The minimum Gasteiger partial charge on any atom is -0.462 e. The molecule has 0 saturated carbocycles. The van der Waals surface area contributed by atoms with Gasteiger partial charge in [0.25, 0.3) is 0 Å². The number of unbranched alkanes of at least 4 members (excludes halogenated alkanes) is 28. The summed E-state index contributed by atoms with van der Waals surface area (Å²) in [4.78, 5) is 38.2. The molecule has 0 aromatic rings. The second-order valence-electron chi connectivity index (χ2n) is 20.2. The molecule has 0 aromatic carbocycles. The van der Waals surface area contributed by atoms with Crippen molar-refractivity contribution in [3.05, 3.63) is 97.2 Å². The Labute approximate surface area is 451 Å². The molecule has 0 radical (unpaired) electrons. The van der Waals surface area contributed by atoms with Gasteiger partial charge in [0.05, 0.1) is 0 Å². The van der Waals surface area contributed by atoms with Crippen LogP contribution in [0, 0.1) is 0 Å². The standard InChI is InChI=1S/C67H114O6/c1-4-7-10-13-16-19-22-25-27-29-30-31-32-33-34-35-36-38-39-42-45-48-51-54-57-60-66(69)72-63-64(62-71-65(68)59-56-53-50-47-44-41-24-21-18-15-12-9-6-3)73-67(70)61-58-55-52-49-46-43-40-37-28-26-23-20-17-14-11-8-5-2/h8,11,17,20,22,25-26,28-30,32-33,40,43,49,52,64H,4-7,9-10,12-16,18-19,21,23-24,27,31,34-39,41-42,44-48,50-51,53-63H2,1-3H3/b11-8-,20-17-,25-22-,28-26-,30-29-,33-32-,43-40-,52-49-. The predicted molar refractivity (Wildman–Crippen MR) is 316 cm³/mol. The van der Waals surface area contributed by atoms with Crippen molar-refractivity contribution in [2.75, 3.05) is 13.2 Å². The van der Waals surface area contributed by atoms with Crippen LogP contribution in [0.25, 0.3) is 0 Å². The van der Waals surface area contributed by atoms with E-state index in [-0.39, 0.29) is 37.5 Å². The average molecular weight is 1020 g/mol. The molecule has 1 unspecified atom stereocenters. The van der Waals surface area contributed by atoms with Crippen LogP contribution in [-0.4, -0.2) is 37.2 Å². The zero-order chi connectivity index (χ0) is 52.9. The highest BCUT2D eigenvalue weighted by atomic mass is 16.6. The Morgan fingerprint density at radius 3 is 0.877 bits per heavy atom. The third kappa shape index (κ3) is 59.1. The Morgan fingerprint density at radius 2 is 0.548 bits per heavy atom. The molecule has 0 aliphatic carbocycles. The normalized spacial score (nSPS) is 12.8. The lowest BCUT2D eigenvalue weighted by Crippen LogP contribution is -2.30. The molecule has 6 nitrogen and oxygen atoms in total. The lowest BCUT2D eigenvalue weighted by atomic mass is 10.0. The van der Waals surface area contributed by atoms with E-state index in [0.717, 1.165) is 89.9 Å². The first-order chi connectivity index (χ1) is 36.0. The molecule has 0 aliphatic heterocycles. The van der Waals surface area contributed by atoms with Gasteiger partial charge in [-0.15, -0.1) is 0 Å². The third-order valence-corrected chi connectivity index (χ3v) is 13.1. The number of ether oxygens (including phenoxy) is 3. The predicted octanol–water partition coefficient (Wildman–Crippen LogP) is 20.9. The molecular formula is C67H114O6. The maximum absolute atomic E-state index is 12.8. The van der Waals surface area contributed by atoms with E-state index >= 15 is 0 Å². The summed E-state index contributed by atoms with van der Waals surface area (Å²) < 4.78 is 16.8. The maximum Gasteiger partial charge on any atom is 0.306 e. The summed E-state index contributed by atoms with van der Waals surface area (Å²) in [6, 6.07) is 0. The third-order valence-electron chi connectivity index (χ3n) is 13.1. The fourth-order valence-corrected chi connectivity index (χ4v) is 8.49. The molecule has 0 aliphatic rings. The monoisotopic (exact) mass is 1010 g/mol. The van der Waals surface area contributed by atoms with Gasteiger partial charge in [0.2, 0.25) is 0 Å². The molecular weight excluding hydrogens is 901 g/mol. The van der Waals surface area contributed by atoms with Gasteiger partial charge >= 0.3 is 17.9 Å². The van der Waals surface area contributed by atoms with Crippen molar-refractivity contribution in [3.63, 3.8) is 0 Å². The van der Waals surface area contributed by atoms with E-state index in [1.807, 2.05) is 0 Å². The summed E-state index contributed by atoms with van der Waals surface area (Å²) in [5, 5.41) is 0. The van der Waals surface area contributed by atoms with Crippen LogP contribution in [0.4, 0.5) is 0 Å². The summed E-state index contributed by atoms with van der Waals surface area (Å²) in [6.45, 7) is 6.48. The number of esters is 3. The Kier molecular flexibility index (Phi) is 57.8. The molecule has 0 N–H and O–H groups in total. The van der Waals surface area contributed by atoms with E-state index in [0.29, 0.717) is 19.3 Å². The Hall–Kier alpha value is -3.67. The van der Waals surface area contributed by atoms with Crippen LogP contribution < -0.4 is 0 Å². The summed E-state index contributed by atoms with van der Waals surface area (Å²) in [6.07, 6.45) is 81.3. The van der Waals surface area contributed by atoms with Gasteiger partial charge in [0.15, 0.2) is 6.10 Å².